The Hall–Kier alpha value is -3.28. The molecule has 0 saturated heterocycles. The molecule has 0 saturated carbocycles. The Morgan fingerprint density at radius 1 is 1.20 bits per heavy atom. The molecular weight excluding hydrogens is 324 g/mol. The van der Waals surface area contributed by atoms with Crippen LogP contribution in [0.25, 0.3) is 11.6 Å². The summed E-state index contributed by atoms with van der Waals surface area (Å²) >= 11 is 0. The number of fused-ring (bicyclic) bond motifs is 1. The van der Waals surface area contributed by atoms with E-state index >= 15 is 0 Å². The Morgan fingerprint density at radius 2 is 1.96 bits per heavy atom. The SMILES string of the molecule is COC(=O)c1ccc2c3c1OC(=O)C3=Cc1ccc(O)c(O)c1C2C. The molecule has 0 spiro atoms. The highest BCUT2D eigenvalue weighted by Crippen LogP contribution is 2.50. The summed E-state index contributed by atoms with van der Waals surface area (Å²) in [7, 11) is 1.26. The zero-order valence-electron chi connectivity index (χ0n) is 13.5. The first-order chi connectivity index (χ1) is 11.9. The van der Waals surface area contributed by atoms with E-state index in [0.29, 0.717) is 22.3 Å². The fourth-order valence-electron chi connectivity index (χ4n) is 3.50. The molecule has 126 valence electrons. The van der Waals surface area contributed by atoms with Gasteiger partial charge >= 0.3 is 11.9 Å². The molecule has 2 aromatic carbocycles. The van der Waals surface area contributed by atoms with Gasteiger partial charge in [0, 0.05) is 17.0 Å². The summed E-state index contributed by atoms with van der Waals surface area (Å²) in [4.78, 5) is 24.4. The van der Waals surface area contributed by atoms with E-state index in [1.165, 1.54) is 19.2 Å². The molecule has 6 heteroatoms. The lowest BCUT2D eigenvalue weighted by Crippen LogP contribution is -2.07. The zero-order chi connectivity index (χ0) is 17.9. The van der Waals surface area contributed by atoms with E-state index in [0.717, 1.165) is 5.56 Å². The van der Waals surface area contributed by atoms with Gasteiger partial charge in [-0.05, 0) is 29.3 Å². The van der Waals surface area contributed by atoms with Gasteiger partial charge in [-0.15, -0.1) is 0 Å². The Balaban J connectivity index is 2.07. The number of esters is 2. The number of phenolic OH excluding ortho intramolecular Hbond substituents is 2. The van der Waals surface area contributed by atoms with Crippen molar-refractivity contribution in [2.24, 2.45) is 0 Å². The minimum atomic E-state index is -0.596. The number of hydrogen-bond acceptors (Lipinski definition) is 6. The van der Waals surface area contributed by atoms with Crippen molar-refractivity contribution in [1.29, 1.82) is 0 Å². The van der Waals surface area contributed by atoms with Crippen molar-refractivity contribution in [1.82, 2.24) is 0 Å². The van der Waals surface area contributed by atoms with E-state index in [1.807, 2.05) is 6.92 Å². The minimum Gasteiger partial charge on any atom is -0.504 e. The summed E-state index contributed by atoms with van der Waals surface area (Å²) in [5, 5.41) is 20.2. The van der Waals surface area contributed by atoms with Gasteiger partial charge in [0.2, 0.25) is 0 Å². The molecule has 4 rings (SSSR count). The largest absolute Gasteiger partial charge is 0.504 e. The lowest BCUT2D eigenvalue weighted by atomic mass is 9.87. The van der Waals surface area contributed by atoms with Crippen molar-refractivity contribution in [2.75, 3.05) is 7.11 Å². The highest BCUT2D eigenvalue weighted by molar-refractivity contribution is 6.28. The lowest BCUT2D eigenvalue weighted by molar-refractivity contribution is -0.126. The molecule has 0 bridgehead atoms. The molecule has 0 fully saturated rings. The number of carbonyl (C=O) groups excluding carboxylic acids is 2. The predicted octanol–water partition coefficient (Wildman–Crippen LogP) is 2.81. The van der Waals surface area contributed by atoms with Crippen LogP contribution in [-0.4, -0.2) is 29.3 Å². The summed E-state index contributed by atoms with van der Waals surface area (Å²) in [6, 6.07) is 6.25. The smallest absolute Gasteiger partial charge is 0.344 e. The van der Waals surface area contributed by atoms with E-state index in [2.05, 4.69) is 0 Å². The third kappa shape index (κ3) is 1.97. The highest BCUT2D eigenvalue weighted by Gasteiger charge is 2.38. The van der Waals surface area contributed by atoms with Crippen molar-refractivity contribution in [3.05, 3.63) is 52.1 Å². The number of phenols is 2. The fraction of sp³-hybridized carbons (Fsp3) is 0.158. The van der Waals surface area contributed by atoms with Crippen LogP contribution in [0.15, 0.2) is 24.3 Å². The quantitative estimate of drug-likeness (QED) is 0.472. The molecule has 2 N–H and O–H groups in total. The van der Waals surface area contributed by atoms with Crippen LogP contribution in [0.5, 0.6) is 17.2 Å². The van der Waals surface area contributed by atoms with Crippen LogP contribution in [-0.2, 0) is 9.53 Å². The standard InChI is InChI=1S/C19H14O6/c1-8-10-4-5-11(18(22)24-2)17-15(10)12(19(23)25-17)7-9-3-6-13(20)16(21)14(8)9/h3-8,20-21H,1-2H3. The van der Waals surface area contributed by atoms with Crippen molar-refractivity contribution in [3.8, 4) is 17.2 Å². The van der Waals surface area contributed by atoms with E-state index < -0.39 is 11.9 Å². The first-order valence-electron chi connectivity index (χ1n) is 7.68. The van der Waals surface area contributed by atoms with Gasteiger partial charge in [0.1, 0.15) is 5.56 Å². The number of benzene rings is 2. The molecule has 2 aliphatic rings. The second-order valence-corrected chi connectivity index (χ2v) is 6.00. The molecule has 1 aliphatic carbocycles. The Kier molecular flexibility index (Phi) is 3.12. The van der Waals surface area contributed by atoms with E-state index in [9.17, 15) is 19.8 Å². The third-order valence-electron chi connectivity index (χ3n) is 4.71. The monoisotopic (exact) mass is 338 g/mol. The van der Waals surface area contributed by atoms with Crippen molar-refractivity contribution in [3.63, 3.8) is 0 Å². The lowest BCUT2D eigenvalue weighted by Gasteiger charge is -2.18. The van der Waals surface area contributed by atoms with Gasteiger partial charge in [-0.2, -0.15) is 0 Å². The molecule has 1 heterocycles. The van der Waals surface area contributed by atoms with Gasteiger partial charge in [0.05, 0.1) is 12.7 Å². The maximum Gasteiger partial charge on any atom is 0.344 e. The van der Waals surface area contributed by atoms with Crippen LogP contribution in [0.3, 0.4) is 0 Å². The summed E-state index contributed by atoms with van der Waals surface area (Å²) in [6.07, 6.45) is 1.61. The summed E-state index contributed by atoms with van der Waals surface area (Å²) in [5.41, 5.74) is 2.85. The van der Waals surface area contributed by atoms with Crippen molar-refractivity contribution in [2.45, 2.75) is 12.8 Å². The number of methoxy groups -OCH3 is 1. The number of rotatable bonds is 1. The van der Waals surface area contributed by atoms with Crippen LogP contribution in [0.4, 0.5) is 0 Å². The minimum absolute atomic E-state index is 0.170. The van der Waals surface area contributed by atoms with Gasteiger partial charge in [-0.3, -0.25) is 0 Å². The van der Waals surface area contributed by atoms with Crippen molar-refractivity contribution < 1.29 is 29.3 Å². The molecule has 0 radical (unpaired) electrons. The zero-order valence-corrected chi connectivity index (χ0v) is 13.5. The van der Waals surface area contributed by atoms with E-state index in [1.54, 1.807) is 18.2 Å². The Labute approximate surface area is 142 Å². The normalized spacial score (nSPS) is 17.1. The van der Waals surface area contributed by atoms with Crippen molar-refractivity contribution >= 4 is 23.6 Å². The topological polar surface area (TPSA) is 93.1 Å². The van der Waals surface area contributed by atoms with Crippen LogP contribution < -0.4 is 4.74 Å². The van der Waals surface area contributed by atoms with Gasteiger partial charge < -0.3 is 19.7 Å². The van der Waals surface area contributed by atoms with Gasteiger partial charge in [0.25, 0.3) is 0 Å². The first kappa shape index (κ1) is 15.3. The second-order valence-electron chi connectivity index (χ2n) is 6.00. The van der Waals surface area contributed by atoms with Crippen LogP contribution in [0, 0.1) is 0 Å². The van der Waals surface area contributed by atoms with Crippen LogP contribution in [0.2, 0.25) is 0 Å². The molecule has 1 unspecified atom stereocenters. The first-order valence-corrected chi connectivity index (χ1v) is 7.68. The number of aromatic hydroxyl groups is 2. The number of ether oxygens (including phenoxy) is 2. The molecule has 25 heavy (non-hydrogen) atoms. The van der Waals surface area contributed by atoms with Gasteiger partial charge in [-0.25, -0.2) is 9.59 Å². The van der Waals surface area contributed by atoms with Crippen LogP contribution in [0.1, 0.15) is 45.5 Å². The summed E-state index contributed by atoms with van der Waals surface area (Å²) in [6.45, 7) is 1.85. The van der Waals surface area contributed by atoms with Crippen LogP contribution >= 0.6 is 0 Å². The maximum atomic E-state index is 12.4. The molecule has 0 amide bonds. The molecule has 0 aromatic heterocycles. The molecule has 1 aliphatic heterocycles. The Morgan fingerprint density at radius 3 is 2.68 bits per heavy atom. The van der Waals surface area contributed by atoms with E-state index in [-0.39, 0.29) is 28.7 Å². The Bertz CT molecular complexity index is 986. The average molecular weight is 338 g/mol. The fourth-order valence-corrected chi connectivity index (χ4v) is 3.50. The summed E-state index contributed by atoms with van der Waals surface area (Å²) in [5.74, 6) is -1.77. The summed E-state index contributed by atoms with van der Waals surface area (Å²) < 4.78 is 10.1. The molecule has 1 atom stereocenters. The molecule has 6 nitrogen and oxygen atoms in total. The third-order valence-corrected chi connectivity index (χ3v) is 4.71. The molecule has 2 aromatic rings. The van der Waals surface area contributed by atoms with Gasteiger partial charge in [-0.1, -0.05) is 19.1 Å². The predicted molar refractivity (Wildman–Crippen MR) is 88.6 cm³/mol. The van der Waals surface area contributed by atoms with Gasteiger partial charge in [0.15, 0.2) is 17.2 Å². The average Bonchev–Trinajstić information content (AvgIpc) is 2.85. The maximum absolute atomic E-state index is 12.4. The number of carbonyl (C=O) groups is 2. The van der Waals surface area contributed by atoms with E-state index in [4.69, 9.17) is 9.47 Å². The second kappa shape index (κ2) is 5.11. The molecular formula is C19H14O6. The highest BCUT2D eigenvalue weighted by atomic mass is 16.5. The number of hydrogen-bond donors (Lipinski definition) is 2.